The summed E-state index contributed by atoms with van der Waals surface area (Å²) in [7, 11) is -1.78. The van der Waals surface area contributed by atoms with Crippen molar-refractivity contribution in [2.75, 3.05) is 19.7 Å². The lowest BCUT2D eigenvalue weighted by Gasteiger charge is -2.13. The predicted molar refractivity (Wildman–Crippen MR) is 97.5 cm³/mol. The van der Waals surface area contributed by atoms with Gasteiger partial charge in [0.1, 0.15) is 0 Å². The number of aliphatic hydroxyl groups excluding tert-OH is 1. The topological polar surface area (TPSA) is 75.4 Å². The molecule has 1 aliphatic rings. The van der Waals surface area contributed by atoms with Gasteiger partial charge in [-0.3, -0.25) is 4.68 Å². The lowest BCUT2D eigenvalue weighted by molar-refractivity contribution is 0.223. The van der Waals surface area contributed by atoms with Crippen molar-refractivity contribution in [1.82, 2.24) is 14.1 Å². The predicted octanol–water partition coefficient (Wildman–Crippen LogP) is 2.08. The third kappa shape index (κ3) is 3.95. The van der Waals surface area contributed by atoms with E-state index in [2.05, 4.69) is 5.10 Å². The molecule has 0 saturated carbocycles. The van der Waals surface area contributed by atoms with Gasteiger partial charge in [0.05, 0.1) is 6.20 Å². The number of benzene rings is 1. The molecule has 134 valence electrons. The Morgan fingerprint density at radius 2 is 2.12 bits per heavy atom. The van der Waals surface area contributed by atoms with E-state index in [1.165, 1.54) is 15.8 Å². The summed E-state index contributed by atoms with van der Waals surface area (Å²) in [4.78, 5) is 0. The summed E-state index contributed by atoms with van der Waals surface area (Å²) < 4.78 is 28.4. The maximum Gasteiger partial charge on any atom is 0.236 e. The van der Waals surface area contributed by atoms with Gasteiger partial charge in [0.25, 0.3) is 0 Å². The minimum absolute atomic E-state index is 0.0674. The fourth-order valence-corrected chi connectivity index (χ4v) is 4.55. The van der Waals surface area contributed by atoms with E-state index < -0.39 is 10.0 Å². The maximum atomic E-state index is 12.7. The molecule has 0 unspecified atom stereocenters. The molecule has 2 atom stereocenters. The van der Waals surface area contributed by atoms with Crippen molar-refractivity contribution >= 4 is 27.7 Å². The van der Waals surface area contributed by atoms with Crippen LogP contribution in [0.15, 0.2) is 42.1 Å². The van der Waals surface area contributed by atoms with E-state index in [1.807, 2.05) is 13.2 Å². The maximum absolute atomic E-state index is 12.7. The van der Waals surface area contributed by atoms with Crippen LogP contribution in [-0.2, 0) is 17.1 Å². The molecule has 6 nitrogen and oxygen atoms in total. The summed E-state index contributed by atoms with van der Waals surface area (Å²) in [5.41, 5.74) is 1.59. The number of hydrogen-bond donors (Lipinski definition) is 1. The molecule has 2 aromatic rings. The third-order valence-corrected chi connectivity index (χ3v) is 6.32. The van der Waals surface area contributed by atoms with Crippen LogP contribution in [0.3, 0.4) is 0 Å². The Morgan fingerprint density at radius 3 is 2.76 bits per heavy atom. The monoisotopic (exact) mass is 381 g/mol. The molecular formula is C17H20ClN3O3S. The molecule has 25 heavy (non-hydrogen) atoms. The van der Waals surface area contributed by atoms with Crippen molar-refractivity contribution in [2.24, 2.45) is 13.0 Å². The van der Waals surface area contributed by atoms with Gasteiger partial charge < -0.3 is 5.11 Å². The number of hydrogen-bond acceptors (Lipinski definition) is 4. The summed E-state index contributed by atoms with van der Waals surface area (Å²) in [6.45, 7) is 0.539. The largest absolute Gasteiger partial charge is 0.396 e. The Morgan fingerprint density at radius 1 is 1.36 bits per heavy atom. The minimum Gasteiger partial charge on any atom is -0.396 e. The number of sulfonamides is 1. The molecule has 1 aliphatic heterocycles. The lowest BCUT2D eigenvalue weighted by Crippen LogP contribution is -2.27. The zero-order chi connectivity index (χ0) is 18.0. The first-order valence-electron chi connectivity index (χ1n) is 7.93. The minimum atomic E-state index is -3.60. The first kappa shape index (κ1) is 18.1. The van der Waals surface area contributed by atoms with Gasteiger partial charge in [-0.25, -0.2) is 8.42 Å². The number of aromatic nitrogens is 2. The highest BCUT2D eigenvalue weighted by molar-refractivity contribution is 7.92. The van der Waals surface area contributed by atoms with Crippen LogP contribution in [0.5, 0.6) is 0 Å². The van der Waals surface area contributed by atoms with Gasteiger partial charge >= 0.3 is 0 Å². The van der Waals surface area contributed by atoms with E-state index >= 15 is 0 Å². The summed E-state index contributed by atoms with van der Waals surface area (Å²) in [6.07, 6.45) is 5.09. The second kappa shape index (κ2) is 7.29. The number of halogens is 1. The van der Waals surface area contributed by atoms with E-state index in [0.29, 0.717) is 17.1 Å². The lowest BCUT2D eigenvalue weighted by atomic mass is 9.92. The van der Waals surface area contributed by atoms with Crippen molar-refractivity contribution in [1.29, 1.82) is 0 Å². The fraction of sp³-hybridized carbons (Fsp3) is 0.353. The zero-order valence-corrected chi connectivity index (χ0v) is 15.4. The standard InChI is InChI=1S/C17H20ClN3O3S/c1-20-9-14(8-19-20)16-11-21(10-15(16)12-22)25(23,24)7-6-13-4-2-3-5-17(13)18/h2-9,15-16,22H,10-12H2,1H3/b7-6+/t15-,16-/m0/s1. The average Bonchev–Trinajstić information content (AvgIpc) is 3.20. The summed E-state index contributed by atoms with van der Waals surface area (Å²) in [5.74, 6) is -0.213. The van der Waals surface area contributed by atoms with E-state index in [1.54, 1.807) is 35.1 Å². The number of rotatable bonds is 5. The molecule has 1 saturated heterocycles. The first-order chi connectivity index (χ1) is 11.9. The van der Waals surface area contributed by atoms with Crippen molar-refractivity contribution in [3.8, 4) is 0 Å². The van der Waals surface area contributed by atoms with Gasteiger partial charge in [-0.15, -0.1) is 0 Å². The number of aryl methyl sites for hydroxylation is 1. The van der Waals surface area contributed by atoms with Crippen molar-refractivity contribution in [3.63, 3.8) is 0 Å². The highest BCUT2D eigenvalue weighted by Crippen LogP contribution is 2.34. The highest BCUT2D eigenvalue weighted by Gasteiger charge is 2.38. The van der Waals surface area contributed by atoms with Crippen LogP contribution in [0.4, 0.5) is 0 Å². The summed E-state index contributed by atoms with van der Waals surface area (Å²) in [6, 6.07) is 7.06. The van der Waals surface area contributed by atoms with Gasteiger partial charge in [0.15, 0.2) is 0 Å². The van der Waals surface area contributed by atoms with Gasteiger partial charge in [-0.2, -0.15) is 9.40 Å². The van der Waals surface area contributed by atoms with E-state index in [9.17, 15) is 13.5 Å². The van der Waals surface area contributed by atoms with Crippen molar-refractivity contribution < 1.29 is 13.5 Å². The molecule has 8 heteroatoms. The zero-order valence-electron chi connectivity index (χ0n) is 13.8. The Hall–Kier alpha value is -1.67. The molecule has 0 amide bonds. The molecule has 1 aromatic carbocycles. The molecule has 2 heterocycles. The molecule has 1 fully saturated rings. The van der Waals surface area contributed by atoms with Crippen LogP contribution in [0.1, 0.15) is 17.0 Å². The Kier molecular flexibility index (Phi) is 5.29. The Balaban J connectivity index is 1.80. The molecular weight excluding hydrogens is 362 g/mol. The normalized spacial score (nSPS) is 22.0. The second-order valence-electron chi connectivity index (χ2n) is 6.18. The molecule has 0 aliphatic carbocycles. The Labute approximate surface area is 152 Å². The first-order valence-corrected chi connectivity index (χ1v) is 9.81. The number of nitrogens with zero attached hydrogens (tertiary/aromatic N) is 3. The van der Waals surface area contributed by atoms with Crippen LogP contribution >= 0.6 is 11.6 Å². The van der Waals surface area contributed by atoms with Crippen LogP contribution in [0, 0.1) is 5.92 Å². The van der Waals surface area contributed by atoms with Gasteiger partial charge in [0.2, 0.25) is 10.0 Å². The van der Waals surface area contributed by atoms with Crippen molar-refractivity contribution in [3.05, 3.63) is 58.2 Å². The second-order valence-corrected chi connectivity index (χ2v) is 8.41. The van der Waals surface area contributed by atoms with E-state index in [0.717, 1.165) is 5.56 Å². The van der Waals surface area contributed by atoms with Crippen LogP contribution in [0.2, 0.25) is 5.02 Å². The molecule has 1 N–H and O–H groups in total. The van der Waals surface area contributed by atoms with E-state index in [-0.39, 0.29) is 25.0 Å². The van der Waals surface area contributed by atoms with Crippen LogP contribution in [-0.4, -0.2) is 47.3 Å². The molecule has 0 bridgehead atoms. The van der Waals surface area contributed by atoms with Gasteiger partial charge in [0, 0.05) is 55.2 Å². The highest BCUT2D eigenvalue weighted by atomic mass is 35.5. The average molecular weight is 382 g/mol. The van der Waals surface area contributed by atoms with Gasteiger partial charge in [-0.1, -0.05) is 29.8 Å². The summed E-state index contributed by atoms with van der Waals surface area (Å²) in [5, 5.41) is 15.5. The summed E-state index contributed by atoms with van der Waals surface area (Å²) >= 11 is 6.06. The van der Waals surface area contributed by atoms with Crippen LogP contribution < -0.4 is 0 Å². The molecule has 0 spiro atoms. The van der Waals surface area contributed by atoms with E-state index in [4.69, 9.17) is 11.6 Å². The van der Waals surface area contributed by atoms with Gasteiger partial charge in [-0.05, 0) is 23.3 Å². The third-order valence-electron chi connectivity index (χ3n) is 4.48. The van der Waals surface area contributed by atoms with Crippen LogP contribution in [0.25, 0.3) is 6.08 Å². The smallest absolute Gasteiger partial charge is 0.236 e. The number of aliphatic hydroxyl groups is 1. The molecule has 0 radical (unpaired) electrons. The quantitative estimate of drug-likeness (QED) is 0.860. The Bertz CT molecular complexity index is 879. The molecule has 1 aromatic heterocycles. The fourth-order valence-electron chi connectivity index (χ4n) is 3.09. The SMILES string of the molecule is Cn1cc([C@@H]2CN(S(=O)(=O)/C=C/c3ccccc3Cl)C[C@H]2CO)cn1. The van der Waals surface area contributed by atoms with Crippen molar-refractivity contribution in [2.45, 2.75) is 5.92 Å². The molecule has 3 rings (SSSR count).